The van der Waals surface area contributed by atoms with E-state index >= 15 is 0 Å². The Morgan fingerprint density at radius 2 is 2.10 bits per heavy atom. The highest BCUT2D eigenvalue weighted by atomic mass is 35.5. The van der Waals surface area contributed by atoms with E-state index in [1.54, 1.807) is 4.68 Å². The molecule has 6 nitrogen and oxygen atoms in total. The summed E-state index contributed by atoms with van der Waals surface area (Å²) >= 11 is 8.29. The number of aryl methyl sites for hydroxylation is 1. The van der Waals surface area contributed by atoms with E-state index in [0.717, 1.165) is 22.8 Å². The van der Waals surface area contributed by atoms with Crippen molar-refractivity contribution in [1.29, 1.82) is 5.26 Å². The molecule has 0 saturated carbocycles. The van der Waals surface area contributed by atoms with Crippen LogP contribution < -0.4 is 0 Å². The van der Waals surface area contributed by atoms with Crippen LogP contribution in [-0.2, 0) is 0 Å². The van der Waals surface area contributed by atoms with Crippen LogP contribution in [0, 0.1) is 18.3 Å². The quantitative estimate of drug-likeness (QED) is 0.732. The Balaban J connectivity index is 1.96. The molecule has 104 valence electrons. The molecular formula is C12H7ClN6S2. The molecule has 0 aliphatic carbocycles. The van der Waals surface area contributed by atoms with Crippen molar-refractivity contribution in [2.45, 2.75) is 16.3 Å². The third-order valence-electron chi connectivity index (χ3n) is 2.63. The average molecular weight is 335 g/mol. The second kappa shape index (κ2) is 5.81. The van der Waals surface area contributed by atoms with E-state index in [4.69, 9.17) is 16.9 Å². The van der Waals surface area contributed by atoms with Gasteiger partial charge in [0.2, 0.25) is 5.16 Å². The van der Waals surface area contributed by atoms with Crippen LogP contribution in [0.25, 0.3) is 5.69 Å². The summed E-state index contributed by atoms with van der Waals surface area (Å²) in [6.07, 6.45) is 0. The molecule has 0 radical (unpaired) electrons. The van der Waals surface area contributed by atoms with Gasteiger partial charge in [0.1, 0.15) is 15.8 Å². The first kappa shape index (κ1) is 14.0. The lowest BCUT2D eigenvalue weighted by Crippen LogP contribution is -1.98. The average Bonchev–Trinajstić information content (AvgIpc) is 3.07. The van der Waals surface area contributed by atoms with Crippen molar-refractivity contribution >= 4 is 34.9 Å². The lowest BCUT2D eigenvalue weighted by Gasteiger charge is -2.03. The second-order valence-corrected chi connectivity index (χ2v) is 6.43. The number of halogens is 1. The Kier molecular flexibility index (Phi) is 3.88. The molecular weight excluding hydrogens is 328 g/mol. The fourth-order valence-electron chi connectivity index (χ4n) is 1.59. The number of benzene rings is 1. The Labute approximate surface area is 133 Å². The predicted molar refractivity (Wildman–Crippen MR) is 79.9 cm³/mol. The Hall–Kier alpha value is -1.95. The van der Waals surface area contributed by atoms with E-state index in [-0.39, 0.29) is 5.15 Å². The molecule has 0 atom stereocenters. The molecule has 0 N–H and O–H groups in total. The fourth-order valence-corrected chi connectivity index (χ4v) is 3.63. The SMILES string of the molecule is Cc1ccc(-n2nnnc2Sc2snc(Cl)c2C#N)cc1. The van der Waals surface area contributed by atoms with Crippen molar-refractivity contribution in [3.05, 3.63) is 40.5 Å². The zero-order valence-electron chi connectivity index (χ0n) is 10.7. The maximum absolute atomic E-state index is 9.09. The van der Waals surface area contributed by atoms with Crippen LogP contribution in [-0.4, -0.2) is 24.6 Å². The summed E-state index contributed by atoms with van der Waals surface area (Å²) in [6, 6.07) is 9.87. The van der Waals surface area contributed by atoms with E-state index < -0.39 is 0 Å². The number of nitrogens with zero attached hydrogens (tertiary/aromatic N) is 6. The third-order valence-corrected chi connectivity index (χ3v) is 4.95. The summed E-state index contributed by atoms with van der Waals surface area (Å²) in [4.78, 5) is 0. The molecule has 2 heterocycles. The van der Waals surface area contributed by atoms with Gasteiger partial charge in [-0.2, -0.15) is 14.3 Å². The summed E-state index contributed by atoms with van der Waals surface area (Å²) in [6.45, 7) is 2.01. The second-order valence-electron chi connectivity index (χ2n) is 4.06. The minimum absolute atomic E-state index is 0.208. The van der Waals surface area contributed by atoms with Gasteiger partial charge in [0, 0.05) is 0 Å². The van der Waals surface area contributed by atoms with E-state index in [1.165, 1.54) is 11.8 Å². The van der Waals surface area contributed by atoms with Crippen molar-refractivity contribution < 1.29 is 0 Å². The van der Waals surface area contributed by atoms with Gasteiger partial charge < -0.3 is 0 Å². The van der Waals surface area contributed by atoms with Gasteiger partial charge in [-0.3, -0.25) is 0 Å². The highest BCUT2D eigenvalue weighted by Crippen LogP contribution is 2.36. The molecule has 0 saturated heterocycles. The third kappa shape index (κ3) is 2.76. The van der Waals surface area contributed by atoms with E-state index in [0.29, 0.717) is 14.9 Å². The van der Waals surface area contributed by atoms with Crippen LogP contribution in [0.2, 0.25) is 5.15 Å². The first-order chi connectivity index (χ1) is 10.2. The van der Waals surface area contributed by atoms with E-state index in [9.17, 15) is 0 Å². The standard InChI is InChI=1S/C12H7ClN6S2/c1-7-2-4-8(5-3-7)19-12(15-17-18-19)20-11-9(6-14)10(13)16-21-11/h2-5H,1H3. The molecule has 0 aliphatic rings. The largest absolute Gasteiger partial charge is 0.219 e. The molecule has 0 fully saturated rings. The molecule has 0 aliphatic heterocycles. The molecule has 9 heteroatoms. The number of hydrogen-bond donors (Lipinski definition) is 0. The van der Waals surface area contributed by atoms with Crippen LogP contribution in [0.1, 0.15) is 11.1 Å². The molecule has 0 spiro atoms. The smallest absolute Gasteiger partial charge is 0.192 e. The zero-order valence-corrected chi connectivity index (χ0v) is 13.1. The Bertz CT molecular complexity index is 817. The maximum Gasteiger partial charge on any atom is 0.219 e. The van der Waals surface area contributed by atoms with Crippen LogP contribution in [0.5, 0.6) is 0 Å². The lowest BCUT2D eigenvalue weighted by atomic mass is 10.2. The molecule has 0 amide bonds. The Morgan fingerprint density at radius 3 is 2.81 bits per heavy atom. The first-order valence-electron chi connectivity index (χ1n) is 5.77. The van der Waals surface area contributed by atoms with Gasteiger partial charge in [-0.05, 0) is 52.8 Å². The van der Waals surface area contributed by atoms with Gasteiger partial charge in [-0.1, -0.05) is 29.3 Å². The molecule has 1 aromatic carbocycles. The number of hydrogen-bond acceptors (Lipinski definition) is 7. The molecule has 0 bridgehead atoms. The number of aromatic nitrogens is 5. The summed E-state index contributed by atoms with van der Waals surface area (Å²) in [5, 5.41) is 21.5. The highest BCUT2D eigenvalue weighted by Gasteiger charge is 2.17. The van der Waals surface area contributed by atoms with Crippen LogP contribution in [0.4, 0.5) is 0 Å². The van der Waals surface area contributed by atoms with Crippen LogP contribution in [0.3, 0.4) is 0 Å². The lowest BCUT2D eigenvalue weighted by molar-refractivity contribution is 0.756. The minimum atomic E-state index is 0.208. The molecule has 0 unspecified atom stereocenters. The summed E-state index contributed by atoms with van der Waals surface area (Å²) in [7, 11) is 0. The van der Waals surface area contributed by atoms with E-state index in [1.807, 2.05) is 37.3 Å². The predicted octanol–water partition coefficient (Wildman–Crippen LogP) is 3.10. The van der Waals surface area contributed by atoms with Crippen molar-refractivity contribution in [3.63, 3.8) is 0 Å². The molecule has 3 aromatic rings. The Morgan fingerprint density at radius 1 is 1.33 bits per heavy atom. The first-order valence-corrected chi connectivity index (χ1v) is 7.74. The van der Waals surface area contributed by atoms with Gasteiger partial charge in [-0.25, -0.2) is 0 Å². The van der Waals surface area contributed by atoms with Gasteiger partial charge in [-0.15, -0.1) is 5.10 Å². The van der Waals surface area contributed by atoms with E-state index in [2.05, 4.69) is 19.9 Å². The summed E-state index contributed by atoms with van der Waals surface area (Å²) in [5.41, 5.74) is 2.36. The fraction of sp³-hybridized carbons (Fsp3) is 0.0833. The van der Waals surface area contributed by atoms with Gasteiger partial charge >= 0.3 is 0 Å². The minimum Gasteiger partial charge on any atom is -0.192 e. The maximum atomic E-state index is 9.09. The van der Waals surface area contributed by atoms with Crippen LogP contribution >= 0.6 is 34.9 Å². The topological polar surface area (TPSA) is 80.3 Å². The zero-order chi connectivity index (χ0) is 14.8. The van der Waals surface area contributed by atoms with Gasteiger partial charge in [0.25, 0.3) is 0 Å². The molecule has 21 heavy (non-hydrogen) atoms. The highest BCUT2D eigenvalue weighted by molar-refractivity contribution is 8.01. The number of rotatable bonds is 3. The molecule has 2 aromatic heterocycles. The van der Waals surface area contributed by atoms with Crippen LogP contribution in [0.15, 0.2) is 33.6 Å². The van der Waals surface area contributed by atoms with Crippen molar-refractivity contribution in [2.24, 2.45) is 0 Å². The van der Waals surface area contributed by atoms with Crippen molar-refractivity contribution in [3.8, 4) is 11.8 Å². The van der Waals surface area contributed by atoms with Crippen molar-refractivity contribution in [1.82, 2.24) is 24.6 Å². The van der Waals surface area contributed by atoms with Crippen molar-refractivity contribution in [2.75, 3.05) is 0 Å². The monoisotopic (exact) mass is 334 g/mol. The summed E-state index contributed by atoms with van der Waals surface area (Å²) < 4.78 is 6.25. The number of nitriles is 1. The normalized spacial score (nSPS) is 10.5. The van der Waals surface area contributed by atoms with Gasteiger partial charge in [0.15, 0.2) is 5.15 Å². The number of tetrazole rings is 1. The molecule has 3 rings (SSSR count). The van der Waals surface area contributed by atoms with Gasteiger partial charge in [0.05, 0.1) is 5.69 Å². The summed E-state index contributed by atoms with van der Waals surface area (Å²) in [5.74, 6) is 0.